The lowest BCUT2D eigenvalue weighted by molar-refractivity contribution is -0.122. The summed E-state index contributed by atoms with van der Waals surface area (Å²) in [5.74, 6) is -3.21. The molecule has 128 valence electrons. The zero-order chi connectivity index (χ0) is 18.1. The molecule has 0 saturated heterocycles. The van der Waals surface area contributed by atoms with Crippen LogP contribution in [0.15, 0.2) is 42.5 Å². The van der Waals surface area contributed by atoms with Crippen LogP contribution in [-0.4, -0.2) is 29.2 Å². The van der Waals surface area contributed by atoms with Crippen LogP contribution in [0.4, 0.5) is 8.78 Å². The first kappa shape index (κ1) is 16.8. The summed E-state index contributed by atoms with van der Waals surface area (Å²) in [7, 11) is 0. The average Bonchev–Trinajstić information content (AvgIpc) is 2.80. The van der Waals surface area contributed by atoms with Crippen LogP contribution < -0.4 is 5.32 Å². The van der Waals surface area contributed by atoms with Gasteiger partial charge >= 0.3 is 0 Å². The molecule has 1 aliphatic rings. The van der Waals surface area contributed by atoms with E-state index in [0.717, 1.165) is 17.0 Å². The van der Waals surface area contributed by atoms with Crippen molar-refractivity contribution in [3.63, 3.8) is 0 Å². The van der Waals surface area contributed by atoms with Gasteiger partial charge in [-0.15, -0.1) is 0 Å². The predicted octanol–water partition coefficient (Wildman–Crippen LogP) is 2.44. The van der Waals surface area contributed by atoms with E-state index in [9.17, 15) is 23.2 Å². The first-order chi connectivity index (χ1) is 11.9. The lowest BCUT2D eigenvalue weighted by atomic mass is 10.1. The monoisotopic (exact) mass is 344 g/mol. The normalized spacial score (nSPS) is 14.4. The van der Waals surface area contributed by atoms with Gasteiger partial charge in [0, 0.05) is 11.6 Å². The summed E-state index contributed by atoms with van der Waals surface area (Å²) in [6.45, 7) is 1.05. The Kier molecular flexibility index (Phi) is 4.31. The van der Waals surface area contributed by atoms with Crippen LogP contribution in [0.25, 0.3) is 0 Å². The number of fused-ring (bicyclic) bond motifs is 1. The summed E-state index contributed by atoms with van der Waals surface area (Å²) >= 11 is 0. The van der Waals surface area contributed by atoms with Crippen LogP contribution in [0, 0.1) is 11.6 Å². The molecule has 0 radical (unpaired) electrons. The number of rotatable bonds is 4. The first-order valence-electron chi connectivity index (χ1n) is 7.58. The Morgan fingerprint density at radius 2 is 1.68 bits per heavy atom. The number of carbonyl (C=O) groups excluding carboxylic acids is 3. The fourth-order valence-corrected chi connectivity index (χ4v) is 2.74. The minimum Gasteiger partial charge on any atom is -0.348 e. The number of halogens is 2. The van der Waals surface area contributed by atoms with Gasteiger partial charge < -0.3 is 5.32 Å². The van der Waals surface area contributed by atoms with Crippen molar-refractivity contribution in [2.24, 2.45) is 0 Å². The molecule has 0 aromatic heterocycles. The fourth-order valence-electron chi connectivity index (χ4n) is 2.74. The van der Waals surface area contributed by atoms with Gasteiger partial charge in [0.15, 0.2) is 0 Å². The summed E-state index contributed by atoms with van der Waals surface area (Å²) in [6, 6.07) is 8.60. The van der Waals surface area contributed by atoms with E-state index in [0.29, 0.717) is 0 Å². The van der Waals surface area contributed by atoms with Gasteiger partial charge in [-0.1, -0.05) is 18.2 Å². The SMILES string of the molecule is C[C@H](NC(=O)CN1C(=O)c2ccccc2C1=O)c1ccc(F)cc1F. The van der Waals surface area contributed by atoms with Crippen LogP contribution in [0.5, 0.6) is 0 Å². The first-order valence-corrected chi connectivity index (χ1v) is 7.58. The summed E-state index contributed by atoms with van der Waals surface area (Å²) in [4.78, 5) is 37.4. The minimum absolute atomic E-state index is 0.108. The molecule has 25 heavy (non-hydrogen) atoms. The second-order valence-corrected chi connectivity index (χ2v) is 5.70. The van der Waals surface area contributed by atoms with Gasteiger partial charge in [-0.3, -0.25) is 19.3 Å². The summed E-state index contributed by atoms with van der Waals surface area (Å²) in [5.41, 5.74) is 0.605. The molecule has 0 saturated carbocycles. The number of amides is 3. The van der Waals surface area contributed by atoms with Crippen LogP contribution >= 0.6 is 0 Å². The Hall–Kier alpha value is -3.09. The molecule has 0 fully saturated rings. The summed E-state index contributed by atoms with van der Waals surface area (Å²) in [5, 5.41) is 2.50. The van der Waals surface area contributed by atoms with Gasteiger partial charge in [-0.05, 0) is 25.1 Å². The van der Waals surface area contributed by atoms with Gasteiger partial charge in [0.05, 0.1) is 17.2 Å². The highest BCUT2D eigenvalue weighted by Gasteiger charge is 2.36. The number of hydrogen-bond donors (Lipinski definition) is 1. The molecule has 0 unspecified atom stereocenters. The zero-order valence-electron chi connectivity index (χ0n) is 13.3. The second-order valence-electron chi connectivity index (χ2n) is 5.70. The molecule has 0 spiro atoms. The molecule has 1 atom stereocenters. The lowest BCUT2D eigenvalue weighted by Crippen LogP contribution is -2.41. The van der Waals surface area contributed by atoms with Gasteiger partial charge in [-0.25, -0.2) is 8.78 Å². The predicted molar refractivity (Wildman–Crippen MR) is 84.7 cm³/mol. The van der Waals surface area contributed by atoms with Crippen molar-refractivity contribution in [2.75, 3.05) is 6.54 Å². The van der Waals surface area contributed by atoms with Crippen molar-refractivity contribution in [1.29, 1.82) is 0 Å². The third kappa shape index (κ3) is 3.13. The van der Waals surface area contributed by atoms with E-state index in [2.05, 4.69) is 5.32 Å². The van der Waals surface area contributed by atoms with Crippen LogP contribution in [0.1, 0.15) is 39.2 Å². The Morgan fingerprint density at radius 1 is 1.08 bits per heavy atom. The Bertz CT molecular complexity index is 847. The van der Waals surface area contributed by atoms with Crippen LogP contribution in [0.2, 0.25) is 0 Å². The van der Waals surface area contributed by atoms with Crippen LogP contribution in [0.3, 0.4) is 0 Å². The van der Waals surface area contributed by atoms with Crippen molar-refractivity contribution in [1.82, 2.24) is 10.2 Å². The summed E-state index contributed by atoms with van der Waals surface area (Å²) < 4.78 is 26.7. The maximum absolute atomic E-state index is 13.7. The molecule has 5 nitrogen and oxygen atoms in total. The van der Waals surface area contributed by atoms with Crippen molar-refractivity contribution in [2.45, 2.75) is 13.0 Å². The highest BCUT2D eigenvalue weighted by molar-refractivity contribution is 6.22. The molecule has 0 aliphatic carbocycles. The number of carbonyl (C=O) groups is 3. The molecular formula is C18H14F2N2O3. The van der Waals surface area contributed by atoms with E-state index in [4.69, 9.17) is 0 Å². The summed E-state index contributed by atoms with van der Waals surface area (Å²) in [6.07, 6.45) is 0. The molecule has 2 aromatic carbocycles. The third-order valence-corrected chi connectivity index (χ3v) is 3.99. The van der Waals surface area contributed by atoms with E-state index in [1.165, 1.54) is 25.1 Å². The molecule has 3 rings (SSSR count). The van der Waals surface area contributed by atoms with Gasteiger partial charge in [0.1, 0.15) is 18.2 Å². The highest BCUT2D eigenvalue weighted by atomic mass is 19.1. The number of nitrogens with one attached hydrogen (secondary N) is 1. The smallest absolute Gasteiger partial charge is 0.262 e. The van der Waals surface area contributed by atoms with Crippen molar-refractivity contribution >= 4 is 17.7 Å². The zero-order valence-corrected chi connectivity index (χ0v) is 13.3. The average molecular weight is 344 g/mol. The molecule has 7 heteroatoms. The van der Waals surface area contributed by atoms with Crippen molar-refractivity contribution in [3.8, 4) is 0 Å². The quantitative estimate of drug-likeness (QED) is 0.867. The third-order valence-electron chi connectivity index (χ3n) is 3.99. The van der Waals surface area contributed by atoms with E-state index in [1.807, 2.05) is 0 Å². The second kappa shape index (κ2) is 6.43. The molecule has 2 aromatic rings. The molecular weight excluding hydrogens is 330 g/mol. The van der Waals surface area contributed by atoms with Gasteiger partial charge in [0.25, 0.3) is 11.8 Å². The van der Waals surface area contributed by atoms with Gasteiger partial charge in [0.2, 0.25) is 5.91 Å². The van der Waals surface area contributed by atoms with Gasteiger partial charge in [-0.2, -0.15) is 0 Å². The lowest BCUT2D eigenvalue weighted by Gasteiger charge is -2.18. The molecule has 1 N–H and O–H groups in total. The molecule has 3 amide bonds. The molecule has 0 bridgehead atoms. The number of imide groups is 1. The number of nitrogens with zero attached hydrogens (tertiary/aromatic N) is 1. The van der Waals surface area contributed by atoms with Crippen molar-refractivity contribution in [3.05, 3.63) is 70.8 Å². The Labute approximate surface area is 142 Å². The molecule has 1 heterocycles. The molecule has 1 aliphatic heterocycles. The van der Waals surface area contributed by atoms with E-state index in [-0.39, 0.29) is 16.7 Å². The number of hydrogen-bond acceptors (Lipinski definition) is 3. The maximum atomic E-state index is 13.7. The van der Waals surface area contributed by atoms with E-state index >= 15 is 0 Å². The Balaban J connectivity index is 1.69. The minimum atomic E-state index is -0.784. The van der Waals surface area contributed by atoms with Crippen molar-refractivity contribution < 1.29 is 23.2 Å². The number of benzene rings is 2. The van der Waals surface area contributed by atoms with E-state index in [1.54, 1.807) is 12.1 Å². The fraction of sp³-hybridized carbons (Fsp3) is 0.167. The maximum Gasteiger partial charge on any atom is 0.262 e. The van der Waals surface area contributed by atoms with Crippen LogP contribution in [-0.2, 0) is 4.79 Å². The highest BCUT2D eigenvalue weighted by Crippen LogP contribution is 2.22. The largest absolute Gasteiger partial charge is 0.348 e. The standard InChI is InChI=1S/C18H14F2N2O3/c1-10(12-7-6-11(19)8-15(12)20)21-16(23)9-22-17(24)13-4-2-3-5-14(13)18(22)25/h2-8,10H,9H2,1H3,(H,21,23)/t10-/m0/s1. The van der Waals surface area contributed by atoms with E-state index < -0.39 is 41.9 Å². The topological polar surface area (TPSA) is 66.5 Å². The Morgan fingerprint density at radius 3 is 2.24 bits per heavy atom.